The van der Waals surface area contributed by atoms with Gasteiger partial charge in [0.25, 0.3) is 0 Å². The molecule has 0 radical (unpaired) electrons. The highest BCUT2D eigenvalue weighted by molar-refractivity contribution is 5.76. The molecule has 0 bridgehead atoms. The van der Waals surface area contributed by atoms with Crippen molar-refractivity contribution in [3.8, 4) is 0 Å². The molecule has 2 fully saturated rings. The third-order valence-electron chi connectivity index (χ3n) is 4.75. The molecule has 1 aliphatic heterocycles. The van der Waals surface area contributed by atoms with E-state index < -0.39 is 0 Å². The average Bonchev–Trinajstić information content (AvgIpc) is 2.37. The Labute approximate surface area is 117 Å². The smallest absolute Gasteiger partial charge is 0.220 e. The number of nitrogens with one attached hydrogen (secondary N) is 2. The van der Waals surface area contributed by atoms with Crippen molar-refractivity contribution >= 4 is 5.91 Å². The van der Waals surface area contributed by atoms with E-state index in [2.05, 4.69) is 24.5 Å². The minimum atomic E-state index is 0.256. The molecule has 3 heteroatoms. The summed E-state index contributed by atoms with van der Waals surface area (Å²) in [5.74, 6) is 0.870. The van der Waals surface area contributed by atoms with Gasteiger partial charge in [-0.1, -0.05) is 33.1 Å². The number of amides is 1. The maximum atomic E-state index is 12.0. The summed E-state index contributed by atoms with van der Waals surface area (Å²) in [5, 5.41) is 7.00. The lowest BCUT2D eigenvalue weighted by molar-refractivity contribution is -0.122. The van der Waals surface area contributed by atoms with Crippen LogP contribution < -0.4 is 10.6 Å². The summed E-state index contributed by atoms with van der Waals surface area (Å²) in [7, 11) is 0. The van der Waals surface area contributed by atoms with E-state index in [9.17, 15) is 4.79 Å². The van der Waals surface area contributed by atoms with Crippen molar-refractivity contribution in [2.75, 3.05) is 6.54 Å². The summed E-state index contributed by atoms with van der Waals surface area (Å²) in [6.07, 6.45) is 10.6. The second-order valence-electron chi connectivity index (χ2n) is 6.96. The molecule has 110 valence electrons. The normalized spacial score (nSPS) is 26.6. The minimum absolute atomic E-state index is 0.256. The Morgan fingerprint density at radius 2 is 2.05 bits per heavy atom. The minimum Gasteiger partial charge on any atom is -0.353 e. The van der Waals surface area contributed by atoms with Crippen LogP contribution in [0.5, 0.6) is 0 Å². The van der Waals surface area contributed by atoms with Crippen LogP contribution in [0.25, 0.3) is 0 Å². The molecule has 19 heavy (non-hydrogen) atoms. The van der Waals surface area contributed by atoms with Crippen LogP contribution in [-0.2, 0) is 4.79 Å². The van der Waals surface area contributed by atoms with E-state index >= 15 is 0 Å². The molecule has 1 atom stereocenters. The summed E-state index contributed by atoms with van der Waals surface area (Å²) in [6.45, 7) is 5.42. The van der Waals surface area contributed by atoms with Crippen LogP contribution in [0.3, 0.4) is 0 Å². The van der Waals surface area contributed by atoms with E-state index in [1.807, 2.05) is 0 Å². The molecular formula is C16H30N2O. The second-order valence-corrected chi connectivity index (χ2v) is 6.96. The Hall–Kier alpha value is -0.570. The van der Waals surface area contributed by atoms with E-state index in [0.717, 1.165) is 25.8 Å². The van der Waals surface area contributed by atoms with Crippen molar-refractivity contribution in [2.24, 2.45) is 5.92 Å². The molecule has 1 amide bonds. The highest BCUT2D eigenvalue weighted by Crippen LogP contribution is 2.34. The summed E-state index contributed by atoms with van der Waals surface area (Å²) < 4.78 is 0. The molecule has 0 aromatic heterocycles. The Bertz CT molecular complexity index is 290. The Morgan fingerprint density at radius 3 is 2.74 bits per heavy atom. The van der Waals surface area contributed by atoms with Crippen LogP contribution in [0.2, 0.25) is 0 Å². The van der Waals surface area contributed by atoms with Gasteiger partial charge in [0.2, 0.25) is 5.91 Å². The van der Waals surface area contributed by atoms with Gasteiger partial charge in [-0.25, -0.2) is 0 Å². The van der Waals surface area contributed by atoms with Gasteiger partial charge in [0.1, 0.15) is 0 Å². The second kappa shape index (κ2) is 6.74. The molecule has 2 rings (SSSR count). The molecule has 3 nitrogen and oxygen atoms in total. The van der Waals surface area contributed by atoms with Crippen molar-refractivity contribution in [1.29, 1.82) is 0 Å². The third-order valence-corrected chi connectivity index (χ3v) is 4.75. The zero-order chi connectivity index (χ0) is 13.7. The Morgan fingerprint density at radius 1 is 1.32 bits per heavy atom. The summed E-state index contributed by atoms with van der Waals surface area (Å²) >= 11 is 0. The van der Waals surface area contributed by atoms with Crippen LogP contribution >= 0.6 is 0 Å². The van der Waals surface area contributed by atoms with Gasteiger partial charge in [-0.3, -0.25) is 4.79 Å². The molecule has 1 spiro atoms. The topological polar surface area (TPSA) is 41.1 Å². The highest BCUT2D eigenvalue weighted by atomic mass is 16.1. The molecule has 1 aliphatic carbocycles. The Kier molecular flexibility index (Phi) is 5.26. The molecule has 0 aromatic rings. The molecule has 2 aliphatic rings. The number of piperidine rings is 1. The third kappa shape index (κ3) is 4.48. The fourth-order valence-electron chi connectivity index (χ4n) is 3.61. The largest absolute Gasteiger partial charge is 0.353 e. The van der Waals surface area contributed by atoms with Gasteiger partial charge in [-0.15, -0.1) is 0 Å². The zero-order valence-corrected chi connectivity index (χ0v) is 12.6. The van der Waals surface area contributed by atoms with Crippen molar-refractivity contribution in [3.05, 3.63) is 0 Å². The van der Waals surface area contributed by atoms with Crippen LogP contribution in [0.15, 0.2) is 0 Å². The van der Waals surface area contributed by atoms with Gasteiger partial charge in [0.15, 0.2) is 0 Å². The summed E-state index contributed by atoms with van der Waals surface area (Å²) in [5.41, 5.74) is 0.340. The van der Waals surface area contributed by atoms with Crippen molar-refractivity contribution in [2.45, 2.75) is 83.2 Å². The first kappa shape index (κ1) is 14.8. The van der Waals surface area contributed by atoms with Crippen LogP contribution in [0, 0.1) is 5.92 Å². The van der Waals surface area contributed by atoms with Gasteiger partial charge in [-0.05, 0) is 44.6 Å². The summed E-state index contributed by atoms with van der Waals surface area (Å²) in [6, 6.07) is 0.402. The number of rotatable bonds is 4. The highest BCUT2D eigenvalue weighted by Gasteiger charge is 2.37. The van der Waals surface area contributed by atoms with Gasteiger partial charge < -0.3 is 10.6 Å². The zero-order valence-electron chi connectivity index (χ0n) is 12.6. The average molecular weight is 266 g/mol. The van der Waals surface area contributed by atoms with Crippen LogP contribution in [0.4, 0.5) is 0 Å². The lowest BCUT2D eigenvalue weighted by atomic mass is 9.75. The van der Waals surface area contributed by atoms with E-state index in [0.29, 0.717) is 23.9 Å². The maximum absolute atomic E-state index is 12.0. The predicted octanol–water partition coefficient (Wildman–Crippen LogP) is 2.99. The van der Waals surface area contributed by atoms with Gasteiger partial charge in [0, 0.05) is 18.0 Å². The number of carbonyl (C=O) groups is 1. The molecule has 1 heterocycles. The first-order chi connectivity index (χ1) is 9.10. The number of hydrogen-bond donors (Lipinski definition) is 2. The van der Waals surface area contributed by atoms with Gasteiger partial charge in [-0.2, -0.15) is 0 Å². The number of carbonyl (C=O) groups excluding carboxylic acids is 1. The quantitative estimate of drug-likeness (QED) is 0.821. The lowest BCUT2D eigenvalue weighted by Gasteiger charge is -2.44. The molecule has 1 unspecified atom stereocenters. The fraction of sp³-hybridized carbons (Fsp3) is 0.938. The fourth-order valence-corrected chi connectivity index (χ4v) is 3.61. The van der Waals surface area contributed by atoms with Crippen molar-refractivity contribution in [1.82, 2.24) is 10.6 Å². The van der Waals surface area contributed by atoms with Crippen molar-refractivity contribution < 1.29 is 4.79 Å². The predicted molar refractivity (Wildman–Crippen MR) is 79.1 cm³/mol. The van der Waals surface area contributed by atoms with E-state index in [1.165, 1.54) is 32.1 Å². The van der Waals surface area contributed by atoms with E-state index in [4.69, 9.17) is 0 Å². The maximum Gasteiger partial charge on any atom is 0.220 e. The van der Waals surface area contributed by atoms with Gasteiger partial charge >= 0.3 is 0 Å². The first-order valence-electron chi connectivity index (χ1n) is 8.14. The van der Waals surface area contributed by atoms with Crippen LogP contribution in [0.1, 0.15) is 71.6 Å². The standard InChI is InChI=1S/C16H30N2O/c1-13(2)6-7-15(19)18-14-8-11-17-16(12-14)9-4-3-5-10-16/h13-14,17H,3-12H2,1-2H3,(H,18,19). The first-order valence-corrected chi connectivity index (χ1v) is 8.14. The monoisotopic (exact) mass is 266 g/mol. The molecule has 1 saturated heterocycles. The molecular weight excluding hydrogens is 236 g/mol. The molecule has 2 N–H and O–H groups in total. The van der Waals surface area contributed by atoms with E-state index in [1.54, 1.807) is 0 Å². The lowest BCUT2D eigenvalue weighted by Crippen LogP contribution is -2.57. The molecule has 1 saturated carbocycles. The Balaban J connectivity index is 1.79. The number of hydrogen-bond acceptors (Lipinski definition) is 2. The molecule has 0 aromatic carbocycles. The SMILES string of the molecule is CC(C)CCC(=O)NC1CCNC2(CCCCC2)C1. The summed E-state index contributed by atoms with van der Waals surface area (Å²) in [4.78, 5) is 12.0. The van der Waals surface area contributed by atoms with Gasteiger partial charge in [0.05, 0.1) is 0 Å². The van der Waals surface area contributed by atoms with E-state index in [-0.39, 0.29) is 5.91 Å². The van der Waals surface area contributed by atoms with Crippen LogP contribution in [-0.4, -0.2) is 24.0 Å². The van der Waals surface area contributed by atoms with Crippen molar-refractivity contribution in [3.63, 3.8) is 0 Å².